The van der Waals surface area contributed by atoms with Crippen LogP contribution in [0.15, 0.2) is 30.6 Å². The number of alkyl carbamates (subject to hydrolysis) is 1. The lowest BCUT2D eigenvalue weighted by atomic mass is 9.92. The zero-order valence-corrected chi connectivity index (χ0v) is 18.6. The van der Waals surface area contributed by atoms with Gasteiger partial charge in [-0.25, -0.2) is 13.9 Å². The zero-order valence-electron chi connectivity index (χ0n) is 18.6. The number of amides is 1. The SMILES string of the molecule is CC(C)(C)OC(=O)NCC(F)C1CCN(c2ncn(-c3ccc(OC(F)(F)F)cc3)n2)CC1. The van der Waals surface area contributed by atoms with E-state index in [9.17, 15) is 22.4 Å². The Morgan fingerprint density at radius 2 is 1.82 bits per heavy atom. The molecule has 0 radical (unpaired) electrons. The summed E-state index contributed by atoms with van der Waals surface area (Å²) in [7, 11) is 0. The van der Waals surface area contributed by atoms with Gasteiger partial charge in [0.1, 0.15) is 23.8 Å². The summed E-state index contributed by atoms with van der Waals surface area (Å²) in [5.41, 5.74) is -0.119. The van der Waals surface area contributed by atoms with E-state index in [1.54, 1.807) is 20.8 Å². The molecule has 1 fully saturated rings. The number of benzene rings is 1. The van der Waals surface area contributed by atoms with Gasteiger partial charge in [0.15, 0.2) is 0 Å². The molecular formula is C21H27F4N5O3. The van der Waals surface area contributed by atoms with Crippen molar-refractivity contribution in [2.75, 3.05) is 24.5 Å². The Kier molecular flexibility index (Phi) is 7.33. The molecule has 0 spiro atoms. The number of rotatable bonds is 6. The van der Waals surface area contributed by atoms with Gasteiger partial charge in [-0.15, -0.1) is 18.3 Å². The number of alkyl halides is 4. The number of hydrogen-bond acceptors (Lipinski definition) is 6. The van der Waals surface area contributed by atoms with Gasteiger partial charge in [-0.05, 0) is 63.8 Å². The summed E-state index contributed by atoms with van der Waals surface area (Å²) in [4.78, 5) is 17.9. The monoisotopic (exact) mass is 473 g/mol. The number of nitrogens with zero attached hydrogens (tertiary/aromatic N) is 4. The highest BCUT2D eigenvalue weighted by Crippen LogP contribution is 2.26. The first kappa shape index (κ1) is 24.6. The van der Waals surface area contributed by atoms with Crippen molar-refractivity contribution < 1.29 is 31.8 Å². The predicted octanol–water partition coefficient (Wildman–Crippen LogP) is 4.25. The second-order valence-electron chi connectivity index (χ2n) is 8.75. The zero-order chi connectivity index (χ0) is 24.2. The summed E-state index contributed by atoms with van der Waals surface area (Å²) in [5, 5.41) is 6.84. The lowest BCUT2D eigenvalue weighted by Crippen LogP contribution is -2.42. The van der Waals surface area contributed by atoms with Crippen LogP contribution in [0.1, 0.15) is 33.6 Å². The van der Waals surface area contributed by atoms with Crippen LogP contribution in [0, 0.1) is 5.92 Å². The van der Waals surface area contributed by atoms with Gasteiger partial charge in [-0.1, -0.05) is 0 Å². The molecule has 1 aromatic carbocycles. The third-order valence-electron chi connectivity index (χ3n) is 4.99. The minimum Gasteiger partial charge on any atom is -0.444 e. The maximum Gasteiger partial charge on any atom is 0.573 e. The molecule has 1 saturated heterocycles. The quantitative estimate of drug-likeness (QED) is 0.632. The molecule has 1 unspecified atom stereocenters. The Hall–Kier alpha value is -3.05. The van der Waals surface area contributed by atoms with E-state index in [1.165, 1.54) is 35.3 Å². The normalized spacial score (nSPS) is 16.4. The Balaban J connectivity index is 1.49. The van der Waals surface area contributed by atoms with Crippen LogP contribution in [-0.4, -0.2) is 58.6 Å². The third-order valence-corrected chi connectivity index (χ3v) is 4.99. The van der Waals surface area contributed by atoms with Crippen molar-refractivity contribution >= 4 is 12.0 Å². The Bertz CT molecular complexity index is 919. The van der Waals surface area contributed by atoms with Crippen molar-refractivity contribution in [2.24, 2.45) is 5.92 Å². The number of nitrogens with one attached hydrogen (secondary N) is 1. The van der Waals surface area contributed by atoms with Crippen LogP contribution in [0.4, 0.5) is 28.3 Å². The van der Waals surface area contributed by atoms with Crippen LogP contribution in [0.2, 0.25) is 0 Å². The number of aromatic nitrogens is 3. The maximum atomic E-state index is 14.6. The first-order valence-corrected chi connectivity index (χ1v) is 10.5. The van der Waals surface area contributed by atoms with E-state index in [1.807, 2.05) is 4.90 Å². The fraction of sp³-hybridized carbons (Fsp3) is 0.571. The number of halogens is 4. The molecule has 0 saturated carbocycles. The number of piperidine rings is 1. The van der Waals surface area contributed by atoms with Gasteiger partial charge in [0.2, 0.25) is 5.95 Å². The highest BCUT2D eigenvalue weighted by molar-refractivity contribution is 5.67. The number of anilines is 1. The van der Waals surface area contributed by atoms with Crippen molar-refractivity contribution in [3.8, 4) is 11.4 Å². The Morgan fingerprint density at radius 3 is 2.39 bits per heavy atom. The minimum atomic E-state index is -4.75. The molecule has 1 N–H and O–H groups in total. The standard InChI is InChI=1S/C21H27F4N5O3/c1-20(2,3)33-19(31)26-12-17(22)14-8-10-29(11-9-14)18-27-13-30(28-18)15-4-6-16(7-5-15)32-21(23,24)25/h4-7,13-14,17H,8-12H2,1-3H3,(H,26,31). The van der Waals surface area contributed by atoms with Gasteiger partial charge in [-0.2, -0.15) is 4.98 Å². The summed E-state index contributed by atoms with van der Waals surface area (Å²) in [5.74, 6) is -0.0820. The van der Waals surface area contributed by atoms with E-state index >= 15 is 0 Å². The van der Waals surface area contributed by atoms with Crippen molar-refractivity contribution in [3.63, 3.8) is 0 Å². The van der Waals surface area contributed by atoms with Crippen molar-refractivity contribution in [1.82, 2.24) is 20.1 Å². The summed E-state index contributed by atoms with van der Waals surface area (Å²) in [6, 6.07) is 5.28. The van der Waals surface area contributed by atoms with Gasteiger partial charge >= 0.3 is 12.5 Å². The molecule has 33 heavy (non-hydrogen) atoms. The number of hydrogen-bond donors (Lipinski definition) is 1. The summed E-state index contributed by atoms with van der Waals surface area (Å²) in [6.45, 7) is 6.19. The third kappa shape index (κ3) is 7.50. The minimum absolute atomic E-state index is 0.111. The predicted molar refractivity (Wildman–Crippen MR) is 112 cm³/mol. The van der Waals surface area contributed by atoms with Crippen molar-refractivity contribution in [3.05, 3.63) is 30.6 Å². The van der Waals surface area contributed by atoms with Gasteiger partial charge in [0.25, 0.3) is 0 Å². The van der Waals surface area contributed by atoms with Gasteiger partial charge in [0.05, 0.1) is 12.2 Å². The summed E-state index contributed by atoms with van der Waals surface area (Å²) in [6.07, 6.45) is -4.00. The molecule has 3 rings (SSSR count). The molecule has 1 atom stereocenters. The molecule has 8 nitrogen and oxygen atoms in total. The molecule has 2 heterocycles. The highest BCUT2D eigenvalue weighted by atomic mass is 19.4. The average molecular weight is 473 g/mol. The van der Waals surface area contributed by atoms with Crippen LogP contribution >= 0.6 is 0 Å². The molecule has 0 bridgehead atoms. The second-order valence-corrected chi connectivity index (χ2v) is 8.75. The Morgan fingerprint density at radius 1 is 1.18 bits per heavy atom. The topological polar surface area (TPSA) is 81.5 Å². The molecule has 12 heteroatoms. The number of carbonyl (C=O) groups is 1. The van der Waals surface area contributed by atoms with E-state index in [2.05, 4.69) is 20.1 Å². The Labute approximate surface area is 188 Å². The van der Waals surface area contributed by atoms with E-state index in [-0.39, 0.29) is 18.2 Å². The summed E-state index contributed by atoms with van der Waals surface area (Å²) >= 11 is 0. The second kappa shape index (κ2) is 9.84. The number of carbonyl (C=O) groups excluding carboxylic acids is 1. The van der Waals surface area contributed by atoms with E-state index in [0.717, 1.165) is 0 Å². The largest absolute Gasteiger partial charge is 0.573 e. The van der Waals surface area contributed by atoms with E-state index < -0.39 is 24.2 Å². The van der Waals surface area contributed by atoms with Gasteiger partial charge < -0.3 is 19.7 Å². The van der Waals surface area contributed by atoms with E-state index in [4.69, 9.17) is 4.74 Å². The fourth-order valence-electron chi connectivity index (χ4n) is 3.45. The van der Waals surface area contributed by atoms with Crippen LogP contribution < -0.4 is 15.0 Å². The fourth-order valence-corrected chi connectivity index (χ4v) is 3.45. The molecule has 1 aromatic heterocycles. The number of ether oxygens (including phenoxy) is 2. The molecular weight excluding hydrogens is 446 g/mol. The van der Waals surface area contributed by atoms with Gasteiger partial charge in [-0.3, -0.25) is 0 Å². The van der Waals surface area contributed by atoms with Crippen molar-refractivity contribution in [1.29, 1.82) is 0 Å². The summed E-state index contributed by atoms with van der Waals surface area (Å²) < 4.78 is 61.8. The lowest BCUT2D eigenvalue weighted by molar-refractivity contribution is -0.274. The molecule has 0 aliphatic carbocycles. The lowest BCUT2D eigenvalue weighted by Gasteiger charge is -2.32. The van der Waals surface area contributed by atoms with Crippen LogP contribution in [0.3, 0.4) is 0 Å². The molecule has 1 aliphatic heterocycles. The first-order chi connectivity index (χ1) is 15.4. The maximum absolute atomic E-state index is 14.6. The molecule has 1 aliphatic rings. The average Bonchev–Trinajstić information content (AvgIpc) is 3.20. The van der Waals surface area contributed by atoms with E-state index in [0.29, 0.717) is 37.6 Å². The van der Waals surface area contributed by atoms with Crippen LogP contribution in [0.25, 0.3) is 5.69 Å². The van der Waals surface area contributed by atoms with Crippen LogP contribution in [-0.2, 0) is 4.74 Å². The molecule has 182 valence electrons. The van der Waals surface area contributed by atoms with Crippen LogP contribution in [0.5, 0.6) is 5.75 Å². The van der Waals surface area contributed by atoms with Crippen molar-refractivity contribution in [2.45, 2.75) is 51.7 Å². The highest BCUT2D eigenvalue weighted by Gasteiger charge is 2.31. The first-order valence-electron chi connectivity index (χ1n) is 10.5. The molecule has 1 amide bonds. The molecule has 2 aromatic rings. The van der Waals surface area contributed by atoms with Gasteiger partial charge in [0, 0.05) is 13.1 Å². The smallest absolute Gasteiger partial charge is 0.444 e.